The van der Waals surface area contributed by atoms with E-state index in [0.717, 1.165) is 15.6 Å². The third-order valence-corrected chi connectivity index (χ3v) is 6.74. The maximum Gasteiger partial charge on any atom is 0.410 e. The number of hydrogen-bond acceptors (Lipinski definition) is 6. The van der Waals surface area contributed by atoms with Crippen LogP contribution < -0.4 is 4.74 Å². The molecule has 1 atom stereocenters. The molecule has 0 aliphatic heterocycles. The predicted octanol–water partition coefficient (Wildman–Crippen LogP) is 6.98. The number of carbonyl (C=O) groups excluding carboxylic acids is 2. The number of esters is 1. The van der Waals surface area contributed by atoms with Gasteiger partial charge in [0.1, 0.15) is 18.0 Å². The van der Waals surface area contributed by atoms with Gasteiger partial charge in [-0.25, -0.2) is 9.59 Å². The van der Waals surface area contributed by atoms with Crippen molar-refractivity contribution in [1.29, 1.82) is 0 Å². The number of hydrogen-bond donors (Lipinski definition) is 1. The van der Waals surface area contributed by atoms with Crippen LogP contribution in [0.15, 0.2) is 71.2 Å². The van der Waals surface area contributed by atoms with E-state index in [4.69, 9.17) is 25.8 Å². The lowest BCUT2D eigenvalue weighted by molar-refractivity contribution is 0.0147. The third-order valence-electron chi connectivity index (χ3n) is 5.73. The summed E-state index contributed by atoms with van der Waals surface area (Å²) < 4.78 is 17.1. The summed E-state index contributed by atoms with van der Waals surface area (Å²) in [4.78, 5) is 26.2. The minimum absolute atomic E-state index is 0.0654. The van der Waals surface area contributed by atoms with E-state index in [9.17, 15) is 14.7 Å². The summed E-state index contributed by atoms with van der Waals surface area (Å²) in [5.41, 5.74) is 2.21. The monoisotopic (exact) mass is 617 g/mol. The highest BCUT2D eigenvalue weighted by atomic mass is 79.9. The molecule has 1 N–H and O–H groups in total. The van der Waals surface area contributed by atoms with Crippen LogP contribution in [0.3, 0.4) is 0 Å². The highest BCUT2D eigenvalue weighted by molar-refractivity contribution is 9.10. The second-order valence-corrected chi connectivity index (χ2v) is 11.3. The van der Waals surface area contributed by atoms with Crippen LogP contribution in [0.4, 0.5) is 4.79 Å². The molecule has 0 unspecified atom stereocenters. The predicted molar refractivity (Wildman–Crippen MR) is 154 cm³/mol. The molecule has 7 nitrogen and oxygen atoms in total. The average Bonchev–Trinajstić information content (AvgIpc) is 2.89. The van der Waals surface area contributed by atoms with Crippen LogP contribution in [0.1, 0.15) is 53.9 Å². The fourth-order valence-corrected chi connectivity index (χ4v) is 4.28. The highest BCUT2D eigenvalue weighted by Crippen LogP contribution is 2.23. The number of ether oxygens (including phenoxy) is 3. The van der Waals surface area contributed by atoms with Crippen LogP contribution in [0, 0.1) is 0 Å². The molecule has 208 valence electrons. The average molecular weight is 619 g/mol. The van der Waals surface area contributed by atoms with Gasteiger partial charge in [0.2, 0.25) is 0 Å². The van der Waals surface area contributed by atoms with Crippen LogP contribution >= 0.6 is 27.5 Å². The maximum atomic E-state index is 12.9. The van der Waals surface area contributed by atoms with Crippen molar-refractivity contribution in [2.45, 2.75) is 45.5 Å². The first-order valence-corrected chi connectivity index (χ1v) is 13.6. The Balaban J connectivity index is 1.63. The molecule has 3 rings (SSSR count). The number of nitrogens with zero attached hydrogens (tertiary/aromatic N) is 1. The first-order chi connectivity index (χ1) is 18.4. The van der Waals surface area contributed by atoms with Gasteiger partial charge in [-0.2, -0.15) is 0 Å². The van der Waals surface area contributed by atoms with Crippen molar-refractivity contribution >= 4 is 39.6 Å². The third kappa shape index (κ3) is 9.56. The zero-order valence-electron chi connectivity index (χ0n) is 22.4. The molecule has 0 aromatic heterocycles. The molecule has 3 aromatic carbocycles. The van der Waals surface area contributed by atoms with Crippen molar-refractivity contribution < 1.29 is 28.9 Å². The number of halogens is 2. The van der Waals surface area contributed by atoms with E-state index >= 15 is 0 Å². The largest absolute Gasteiger partial charge is 0.489 e. The van der Waals surface area contributed by atoms with Crippen LogP contribution in [0.5, 0.6) is 5.75 Å². The number of aliphatic hydroxyl groups excluding tert-OH is 1. The molecule has 0 saturated carbocycles. The molecule has 0 saturated heterocycles. The van der Waals surface area contributed by atoms with Gasteiger partial charge in [0.05, 0.1) is 25.3 Å². The second-order valence-electron chi connectivity index (χ2n) is 9.98. The van der Waals surface area contributed by atoms with Crippen molar-refractivity contribution in [2.24, 2.45) is 0 Å². The van der Waals surface area contributed by atoms with Gasteiger partial charge >= 0.3 is 12.1 Å². The second kappa shape index (κ2) is 13.8. The highest BCUT2D eigenvalue weighted by Gasteiger charge is 2.24. The maximum absolute atomic E-state index is 12.9. The van der Waals surface area contributed by atoms with Crippen molar-refractivity contribution in [2.75, 3.05) is 20.2 Å². The van der Waals surface area contributed by atoms with Gasteiger partial charge in [-0.3, -0.25) is 0 Å². The summed E-state index contributed by atoms with van der Waals surface area (Å²) in [7, 11) is 1.34. The van der Waals surface area contributed by atoms with Gasteiger partial charge in [-0.1, -0.05) is 51.8 Å². The Morgan fingerprint density at radius 1 is 1.05 bits per heavy atom. The lowest BCUT2D eigenvalue weighted by atomic mass is 10.1. The molecule has 0 aliphatic carbocycles. The Labute approximate surface area is 242 Å². The van der Waals surface area contributed by atoms with Gasteiger partial charge in [0, 0.05) is 21.6 Å². The molecule has 39 heavy (non-hydrogen) atoms. The minimum Gasteiger partial charge on any atom is -0.489 e. The van der Waals surface area contributed by atoms with E-state index in [1.54, 1.807) is 63.2 Å². The summed E-state index contributed by atoms with van der Waals surface area (Å²) in [6, 6.07) is 19.7. The number of benzene rings is 3. The number of amides is 1. The molecule has 3 aromatic rings. The smallest absolute Gasteiger partial charge is 0.410 e. The Morgan fingerprint density at radius 2 is 1.77 bits per heavy atom. The fourth-order valence-electron chi connectivity index (χ4n) is 3.72. The quantitative estimate of drug-likeness (QED) is 0.247. The zero-order valence-corrected chi connectivity index (χ0v) is 24.8. The molecule has 9 heteroatoms. The standard InChI is InChI=1S/C30H33BrClNO6/c1-30(2,3)39-29(36)33(18-27(34)21-6-5-7-24(32)17-21)15-14-20-8-11-25(12-9-20)38-19-23-16-22(28(35)37-4)10-13-26(23)31/h5-13,16-17,27,34H,14-15,18-19H2,1-4H3/t27-/m1/s1. The first-order valence-electron chi connectivity index (χ1n) is 12.4. The van der Waals surface area contributed by atoms with Gasteiger partial charge in [0.25, 0.3) is 0 Å². The van der Waals surface area contributed by atoms with Crippen molar-refractivity contribution in [3.05, 3.63) is 98.5 Å². The van der Waals surface area contributed by atoms with Crippen LogP contribution in [0.2, 0.25) is 5.02 Å². The molecular formula is C30H33BrClNO6. The Kier molecular flexibility index (Phi) is 10.8. The van der Waals surface area contributed by atoms with Crippen molar-refractivity contribution in [3.8, 4) is 5.75 Å². The molecular weight excluding hydrogens is 586 g/mol. The van der Waals surface area contributed by atoms with Gasteiger partial charge in [-0.05, 0) is 80.8 Å². The number of aliphatic hydroxyl groups is 1. The van der Waals surface area contributed by atoms with Gasteiger partial charge in [0.15, 0.2) is 0 Å². The summed E-state index contributed by atoms with van der Waals surface area (Å²) in [6.45, 7) is 6.09. The summed E-state index contributed by atoms with van der Waals surface area (Å²) >= 11 is 9.56. The summed E-state index contributed by atoms with van der Waals surface area (Å²) in [5, 5.41) is 11.3. The summed E-state index contributed by atoms with van der Waals surface area (Å²) in [6.07, 6.45) is -0.860. The molecule has 0 spiro atoms. The zero-order chi connectivity index (χ0) is 28.6. The Hall–Kier alpha value is -3.07. The van der Waals surface area contributed by atoms with Gasteiger partial charge < -0.3 is 24.2 Å². The number of carbonyl (C=O) groups is 2. The fraction of sp³-hybridized carbons (Fsp3) is 0.333. The number of methoxy groups -OCH3 is 1. The molecule has 1 amide bonds. The lowest BCUT2D eigenvalue weighted by Crippen LogP contribution is -2.40. The van der Waals surface area contributed by atoms with Crippen molar-refractivity contribution in [1.82, 2.24) is 4.90 Å². The van der Waals surface area contributed by atoms with Crippen LogP contribution in [-0.2, 0) is 22.5 Å². The molecule has 0 heterocycles. The van der Waals surface area contributed by atoms with Crippen molar-refractivity contribution in [3.63, 3.8) is 0 Å². The van der Waals surface area contributed by atoms with E-state index < -0.39 is 23.8 Å². The Morgan fingerprint density at radius 3 is 2.41 bits per heavy atom. The van der Waals surface area contributed by atoms with Crippen LogP contribution in [0.25, 0.3) is 0 Å². The Bertz CT molecular complexity index is 1280. The molecule has 0 radical (unpaired) electrons. The number of rotatable bonds is 10. The SMILES string of the molecule is COC(=O)c1ccc(Br)c(COc2ccc(CCN(C[C@@H](O)c3cccc(Cl)c3)C(=O)OC(C)(C)C)cc2)c1. The van der Waals surface area contributed by atoms with Gasteiger partial charge in [-0.15, -0.1) is 0 Å². The van der Waals surface area contributed by atoms with E-state index in [2.05, 4.69) is 15.9 Å². The van der Waals surface area contributed by atoms with E-state index in [0.29, 0.717) is 34.9 Å². The molecule has 0 bridgehead atoms. The van der Waals surface area contributed by atoms with Crippen LogP contribution in [-0.4, -0.2) is 47.9 Å². The lowest BCUT2D eigenvalue weighted by Gasteiger charge is -2.29. The topological polar surface area (TPSA) is 85.3 Å². The molecule has 0 aliphatic rings. The summed E-state index contributed by atoms with van der Waals surface area (Å²) in [5.74, 6) is 0.253. The van der Waals surface area contributed by atoms with E-state index in [1.807, 2.05) is 24.3 Å². The first kappa shape index (κ1) is 30.5. The molecule has 0 fully saturated rings. The normalized spacial score (nSPS) is 12.0. The van der Waals surface area contributed by atoms with E-state index in [1.165, 1.54) is 12.0 Å². The van der Waals surface area contributed by atoms with E-state index in [-0.39, 0.29) is 13.2 Å². The minimum atomic E-state index is -0.913.